The van der Waals surface area contributed by atoms with Crippen LogP contribution in [-0.2, 0) is 0 Å². The molecule has 0 saturated carbocycles. The Labute approximate surface area is 260 Å². The lowest BCUT2D eigenvalue weighted by Gasteiger charge is -2.33. The Bertz CT molecular complexity index is 2390. The minimum absolute atomic E-state index is 0.655. The Morgan fingerprint density at radius 1 is 0.444 bits per heavy atom. The van der Waals surface area contributed by atoms with Crippen molar-refractivity contribution in [1.29, 1.82) is 0 Å². The number of nitrogens with zero attached hydrogens (tertiary/aromatic N) is 3. The second-order valence-corrected chi connectivity index (χ2v) is 15.2. The van der Waals surface area contributed by atoms with E-state index in [4.69, 9.17) is 14.4 Å². The summed E-state index contributed by atoms with van der Waals surface area (Å²) in [5, 5.41) is 9.39. The second kappa shape index (κ2) is 10.1. The Hall–Kier alpha value is -5.78. The van der Waals surface area contributed by atoms with Gasteiger partial charge in [-0.2, -0.15) is 0 Å². The largest absolute Gasteiger partial charge is 0.456 e. The number of aromatic nitrogens is 3. The van der Waals surface area contributed by atoms with E-state index in [1.165, 1.54) is 26.3 Å². The van der Waals surface area contributed by atoms with Crippen LogP contribution in [0.4, 0.5) is 0 Å². The van der Waals surface area contributed by atoms with Gasteiger partial charge in [0.25, 0.3) is 0 Å². The van der Waals surface area contributed by atoms with Gasteiger partial charge in [-0.15, -0.1) is 0 Å². The molecule has 0 aliphatic rings. The van der Waals surface area contributed by atoms with Gasteiger partial charge in [0.1, 0.15) is 11.2 Å². The Morgan fingerprint density at radius 3 is 1.58 bits per heavy atom. The molecular formula is C40H27N3OSi. The predicted octanol–water partition coefficient (Wildman–Crippen LogP) is 6.85. The molecular weight excluding hydrogens is 567 g/mol. The van der Waals surface area contributed by atoms with Crippen molar-refractivity contribution in [2.75, 3.05) is 0 Å². The van der Waals surface area contributed by atoms with Crippen LogP contribution in [0, 0.1) is 0 Å². The SMILES string of the molecule is c1ccc([Si](c2ccccc2)(c2cnc(-n3c4ccccc4c4ccccc43)nc2)c2cccc3c2oc2ccccc23)cc1. The van der Waals surface area contributed by atoms with Crippen molar-refractivity contribution in [3.8, 4) is 5.95 Å². The van der Waals surface area contributed by atoms with Crippen molar-refractivity contribution < 1.29 is 4.42 Å². The molecule has 4 nitrogen and oxygen atoms in total. The molecule has 212 valence electrons. The molecule has 5 heteroatoms. The summed E-state index contributed by atoms with van der Waals surface area (Å²) in [4.78, 5) is 10.3. The zero-order valence-electron chi connectivity index (χ0n) is 24.3. The van der Waals surface area contributed by atoms with Crippen LogP contribution < -0.4 is 20.7 Å². The van der Waals surface area contributed by atoms with Gasteiger partial charge in [-0.1, -0.05) is 133 Å². The maximum atomic E-state index is 6.72. The van der Waals surface area contributed by atoms with Crippen LogP contribution >= 0.6 is 0 Å². The number of furan rings is 1. The van der Waals surface area contributed by atoms with Crippen LogP contribution in [0.2, 0.25) is 0 Å². The fraction of sp³-hybridized carbons (Fsp3) is 0. The van der Waals surface area contributed by atoms with Gasteiger partial charge in [0.05, 0.1) is 11.0 Å². The predicted molar refractivity (Wildman–Crippen MR) is 187 cm³/mol. The average Bonchev–Trinajstić information content (AvgIpc) is 3.66. The van der Waals surface area contributed by atoms with E-state index in [0.717, 1.165) is 38.2 Å². The third-order valence-electron chi connectivity index (χ3n) is 9.07. The monoisotopic (exact) mass is 593 g/mol. The Balaban J connectivity index is 1.36. The van der Waals surface area contributed by atoms with Crippen molar-refractivity contribution >= 4 is 72.6 Å². The molecule has 0 bridgehead atoms. The molecule has 0 spiro atoms. The maximum absolute atomic E-state index is 6.72. The van der Waals surface area contributed by atoms with E-state index in [1.54, 1.807) is 0 Å². The zero-order valence-corrected chi connectivity index (χ0v) is 25.3. The minimum atomic E-state index is -2.97. The van der Waals surface area contributed by atoms with Crippen molar-refractivity contribution in [1.82, 2.24) is 14.5 Å². The topological polar surface area (TPSA) is 43.9 Å². The number of hydrogen-bond donors (Lipinski definition) is 0. The van der Waals surface area contributed by atoms with E-state index >= 15 is 0 Å². The molecule has 0 N–H and O–H groups in total. The fourth-order valence-electron chi connectivity index (χ4n) is 7.15. The first-order valence-corrected chi connectivity index (χ1v) is 17.2. The zero-order chi connectivity index (χ0) is 29.8. The number of rotatable bonds is 5. The first-order chi connectivity index (χ1) is 22.3. The molecule has 0 atom stereocenters. The van der Waals surface area contributed by atoms with Crippen LogP contribution in [0.5, 0.6) is 0 Å². The molecule has 0 amide bonds. The van der Waals surface area contributed by atoms with Gasteiger partial charge in [0.2, 0.25) is 5.95 Å². The molecule has 9 aromatic rings. The first-order valence-electron chi connectivity index (χ1n) is 15.2. The summed E-state index contributed by atoms with van der Waals surface area (Å²) in [6, 6.07) is 53.5. The standard InChI is InChI=1S/C40H27N3OSi/c1-3-14-28(15-4-1)45(29-16-5-2-6-17-29,38-25-13-21-34-33-20-9-12-24-37(33)44-39(34)38)30-26-41-40(42-27-30)43-35-22-10-7-18-31(35)32-19-8-11-23-36(32)43/h1-27H. The van der Waals surface area contributed by atoms with Gasteiger partial charge in [-0.3, -0.25) is 4.57 Å². The van der Waals surface area contributed by atoms with E-state index in [9.17, 15) is 0 Å². The minimum Gasteiger partial charge on any atom is -0.456 e. The van der Waals surface area contributed by atoms with E-state index in [0.29, 0.717) is 5.95 Å². The van der Waals surface area contributed by atoms with Crippen LogP contribution in [0.15, 0.2) is 168 Å². The highest BCUT2D eigenvalue weighted by molar-refractivity contribution is 7.20. The molecule has 0 saturated heterocycles. The van der Waals surface area contributed by atoms with E-state index < -0.39 is 8.07 Å². The number of para-hydroxylation sites is 4. The van der Waals surface area contributed by atoms with Crippen LogP contribution in [-0.4, -0.2) is 22.6 Å². The second-order valence-electron chi connectivity index (χ2n) is 11.4. The summed E-state index contributed by atoms with van der Waals surface area (Å²) in [5.74, 6) is 0.655. The summed E-state index contributed by atoms with van der Waals surface area (Å²) >= 11 is 0. The smallest absolute Gasteiger partial charge is 0.234 e. The molecule has 45 heavy (non-hydrogen) atoms. The number of benzene rings is 6. The van der Waals surface area contributed by atoms with Crippen molar-refractivity contribution in [2.24, 2.45) is 0 Å². The summed E-state index contributed by atoms with van der Waals surface area (Å²) in [5.41, 5.74) is 3.99. The lowest BCUT2D eigenvalue weighted by molar-refractivity contribution is 0.671. The highest BCUT2D eigenvalue weighted by Gasteiger charge is 2.44. The van der Waals surface area contributed by atoms with Crippen molar-refractivity contribution in [3.05, 3.63) is 164 Å². The average molecular weight is 594 g/mol. The molecule has 0 aliphatic heterocycles. The Kier molecular flexibility index (Phi) is 5.79. The molecule has 3 aromatic heterocycles. The summed E-state index contributed by atoms with van der Waals surface area (Å²) in [6.45, 7) is 0. The quantitative estimate of drug-likeness (QED) is 0.162. The molecule has 0 radical (unpaired) electrons. The lowest BCUT2D eigenvalue weighted by Crippen LogP contribution is -2.75. The van der Waals surface area contributed by atoms with Crippen LogP contribution in [0.3, 0.4) is 0 Å². The molecule has 0 fully saturated rings. The molecule has 0 unspecified atom stereocenters. The van der Waals surface area contributed by atoms with Crippen LogP contribution in [0.25, 0.3) is 49.7 Å². The lowest BCUT2D eigenvalue weighted by atomic mass is 10.1. The summed E-state index contributed by atoms with van der Waals surface area (Å²) in [7, 11) is -2.97. The third-order valence-corrected chi connectivity index (χ3v) is 13.8. The molecule has 3 heterocycles. The van der Waals surface area contributed by atoms with Gasteiger partial charge in [0.15, 0.2) is 8.07 Å². The number of fused-ring (bicyclic) bond motifs is 6. The molecule has 9 rings (SSSR count). The van der Waals surface area contributed by atoms with Crippen LogP contribution in [0.1, 0.15) is 0 Å². The molecule has 0 aliphatic carbocycles. The first kappa shape index (κ1) is 25.7. The van der Waals surface area contributed by atoms with E-state index in [2.05, 4.69) is 163 Å². The van der Waals surface area contributed by atoms with Crippen molar-refractivity contribution in [2.45, 2.75) is 0 Å². The molecule has 6 aromatic carbocycles. The van der Waals surface area contributed by atoms with Gasteiger partial charge < -0.3 is 4.42 Å². The van der Waals surface area contributed by atoms with Gasteiger partial charge in [-0.25, -0.2) is 9.97 Å². The normalized spacial score (nSPS) is 12.0. The highest BCUT2D eigenvalue weighted by atomic mass is 28.3. The highest BCUT2D eigenvalue weighted by Crippen LogP contribution is 2.31. The summed E-state index contributed by atoms with van der Waals surface area (Å²) < 4.78 is 8.89. The van der Waals surface area contributed by atoms with Gasteiger partial charge >= 0.3 is 0 Å². The van der Waals surface area contributed by atoms with Gasteiger partial charge in [-0.05, 0) is 38.9 Å². The Morgan fingerprint density at radius 2 is 0.956 bits per heavy atom. The number of hydrogen-bond acceptors (Lipinski definition) is 3. The van der Waals surface area contributed by atoms with Gasteiger partial charge in [0, 0.05) is 33.9 Å². The maximum Gasteiger partial charge on any atom is 0.234 e. The van der Waals surface area contributed by atoms with E-state index in [-0.39, 0.29) is 0 Å². The van der Waals surface area contributed by atoms with Crippen molar-refractivity contribution in [3.63, 3.8) is 0 Å². The third kappa shape index (κ3) is 3.78. The van der Waals surface area contributed by atoms with E-state index in [1.807, 2.05) is 6.07 Å². The fourth-order valence-corrected chi connectivity index (χ4v) is 11.9. The summed E-state index contributed by atoms with van der Waals surface area (Å²) in [6.07, 6.45) is 4.11.